The van der Waals surface area contributed by atoms with Gasteiger partial charge in [0, 0.05) is 12.1 Å². The molecule has 2 heterocycles. The van der Waals surface area contributed by atoms with Gasteiger partial charge >= 0.3 is 5.97 Å². The zero-order chi connectivity index (χ0) is 20.6. The molecule has 2 aromatic rings. The smallest absolute Gasteiger partial charge is 0.331 e. The summed E-state index contributed by atoms with van der Waals surface area (Å²) in [7, 11) is 0. The maximum absolute atomic E-state index is 13.1. The van der Waals surface area contributed by atoms with Gasteiger partial charge < -0.3 is 9.64 Å². The van der Waals surface area contributed by atoms with Crippen LogP contribution in [0.3, 0.4) is 0 Å². The molecule has 7 nitrogen and oxygen atoms in total. The first-order valence-electron chi connectivity index (χ1n) is 8.96. The van der Waals surface area contributed by atoms with Crippen LogP contribution in [-0.4, -0.2) is 39.4 Å². The lowest BCUT2D eigenvalue weighted by molar-refractivity contribution is -0.384. The molecule has 0 saturated carbocycles. The van der Waals surface area contributed by atoms with Crippen molar-refractivity contribution in [1.82, 2.24) is 4.90 Å². The summed E-state index contributed by atoms with van der Waals surface area (Å²) in [5.41, 5.74) is 1.60. The van der Waals surface area contributed by atoms with Gasteiger partial charge in [-0.3, -0.25) is 14.9 Å². The van der Waals surface area contributed by atoms with E-state index in [2.05, 4.69) is 0 Å². The first-order chi connectivity index (χ1) is 14.0. The number of fused-ring (bicyclic) bond motifs is 1. The third kappa shape index (κ3) is 3.38. The molecule has 2 fully saturated rings. The number of hydrogen-bond donors (Lipinski definition) is 0. The van der Waals surface area contributed by atoms with Crippen molar-refractivity contribution in [3.8, 4) is 0 Å². The molecule has 3 atom stereocenters. The van der Waals surface area contributed by atoms with Crippen LogP contribution in [-0.2, 0) is 25.0 Å². The third-order valence-corrected chi connectivity index (χ3v) is 8.46. The van der Waals surface area contributed by atoms with Crippen molar-refractivity contribution < 1.29 is 19.2 Å². The summed E-state index contributed by atoms with van der Waals surface area (Å²) in [6.07, 6.45) is 2.36. The molecule has 2 aliphatic heterocycles. The third-order valence-electron chi connectivity index (χ3n) is 5.13. The Morgan fingerprint density at radius 1 is 1.28 bits per heavy atom. The molecule has 0 aromatic heterocycles. The number of β-lactam (4-membered cyclic amide) rings is 1. The number of thioether (sulfide) groups is 2. The number of nitro groups is 1. The van der Waals surface area contributed by atoms with Crippen molar-refractivity contribution in [2.75, 3.05) is 6.26 Å². The molecular formula is C20H18N2O5S2. The Kier molecular flexibility index (Phi) is 5.26. The minimum Gasteiger partial charge on any atom is -0.459 e. The van der Waals surface area contributed by atoms with Crippen LogP contribution >= 0.6 is 23.5 Å². The van der Waals surface area contributed by atoms with E-state index in [1.807, 2.05) is 36.6 Å². The van der Waals surface area contributed by atoms with Gasteiger partial charge in [0.15, 0.2) is 6.04 Å². The van der Waals surface area contributed by atoms with E-state index >= 15 is 0 Å². The van der Waals surface area contributed by atoms with Gasteiger partial charge in [-0.05, 0) is 29.5 Å². The van der Waals surface area contributed by atoms with Crippen LogP contribution in [0.2, 0.25) is 0 Å². The van der Waals surface area contributed by atoms with Crippen LogP contribution in [0.1, 0.15) is 17.5 Å². The molecule has 0 unspecified atom stereocenters. The van der Waals surface area contributed by atoms with Crippen LogP contribution in [0.4, 0.5) is 5.69 Å². The fourth-order valence-corrected chi connectivity index (χ4v) is 6.77. The highest BCUT2D eigenvalue weighted by Crippen LogP contribution is 2.61. The number of nitrogens with zero attached hydrogens (tertiary/aromatic N) is 2. The number of non-ortho nitro benzene ring substituents is 1. The van der Waals surface area contributed by atoms with E-state index in [0.717, 1.165) is 5.56 Å². The maximum Gasteiger partial charge on any atom is 0.331 e. The van der Waals surface area contributed by atoms with Crippen LogP contribution < -0.4 is 0 Å². The van der Waals surface area contributed by atoms with Gasteiger partial charge in [0.2, 0.25) is 5.91 Å². The molecule has 2 aliphatic rings. The molecule has 2 saturated heterocycles. The van der Waals surface area contributed by atoms with Gasteiger partial charge in [-0.15, -0.1) is 23.5 Å². The Hall–Kier alpha value is -2.52. The molecule has 0 bridgehead atoms. The molecule has 2 aromatic carbocycles. The molecule has 0 radical (unpaired) electrons. The lowest BCUT2D eigenvalue weighted by Crippen LogP contribution is -2.57. The van der Waals surface area contributed by atoms with E-state index in [1.165, 1.54) is 23.9 Å². The van der Waals surface area contributed by atoms with Crippen molar-refractivity contribution >= 4 is 41.1 Å². The quantitative estimate of drug-likeness (QED) is 0.300. The average Bonchev–Trinajstić information content (AvgIpc) is 3.02. The van der Waals surface area contributed by atoms with Crippen molar-refractivity contribution in [3.05, 3.63) is 75.8 Å². The van der Waals surface area contributed by atoms with Gasteiger partial charge in [-0.1, -0.05) is 30.3 Å². The standard InChI is InChI=1S/C20H18N2O5S2/c1-28-20(14-5-3-2-4-6-14)18(21-16(23)11-17(21)29-20)19(24)27-12-13-7-9-15(10-8-13)22(25)26/h2-10,17-18H,11-12H2,1H3/t17-,18+,20+/m1/s1. The SMILES string of the molecule is CS[C@@]1(c2ccccc2)S[C@@H]2CC(=O)N2[C@H]1C(=O)OCc1ccc([N+](=O)[O-])cc1. The summed E-state index contributed by atoms with van der Waals surface area (Å²) in [6, 6.07) is 14.8. The zero-order valence-corrected chi connectivity index (χ0v) is 17.2. The Morgan fingerprint density at radius 2 is 1.97 bits per heavy atom. The molecule has 150 valence electrons. The largest absolute Gasteiger partial charge is 0.459 e. The lowest BCUT2D eigenvalue weighted by atomic mass is 10.00. The first kappa shape index (κ1) is 19.8. The minimum atomic E-state index is -0.728. The summed E-state index contributed by atoms with van der Waals surface area (Å²) in [6.45, 7) is -0.00998. The number of ether oxygens (including phenoxy) is 1. The number of hydrogen-bond acceptors (Lipinski definition) is 7. The fraction of sp³-hybridized carbons (Fsp3) is 0.300. The predicted molar refractivity (Wildman–Crippen MR) is 111 cm³/mol. The van der Waals surface area contributed by atoms with E-state index in [4.69, 9.17) is 4.74 Å². The van der Waals surface area contributed by atoms with Gasteiger partial charge in [-0.25, -0.2) is 4.79 Å². The topological polar surface area (TPSA) is 89.8 Å². The number of benzene rings is 2. The highest BCUT2D eigenvalue weighted by Gasteiger charge is 2.63. The molecule has 9 heteroatoms. The molecule has 1 amide bonds. The second-order valence-corrected chi connectivity index (χ2v) is 9.48. The Morgan fingerprint density at radius 3 is 2.55 bits per heavy atom. The summed E-state index contributed by atoms with van der Waals surface area (Å²) in [5.74, 6) is -0.517. The van der Waals surface area contributed by atoms with Crippen molar-refractivity contribution in [2.24, 2.45) is 0 Å². The number of carbonyl (C=O) groups excluding carboxylic acids is 2. The van der Waals surface area contributed by atoms with E-state index in [0.29, 0.717) is 12.0 Å². The summed E-state index contributed by atoms with van der Waals surface area (Å²) >= 11 is 3.16. The van der Waals surface area contributed by atoms with E-state index in [-0.39, 0.29) is 23.6 Å². The van der Waals surface area contributed by atoms with Crippen LogP contribution in [0.5, 0.6) is 0 Å². The van der Waals surface area contributed by atoms with Crippen LogP contribution in [0.25, 0.3) is 0 Å². The van der Waals surface area contributed by atoms with Gasteiger partial charge in [0.1, 0.15) is 10.7 Å². The van der Waals surface area contributed by atoms with E-state index < -0.39 is 21.0 Å². The summed E-state index contributed by atoms with van der Waals surface area (Å²) in [4.78, 5) is 37.3. The van der Waals surface area contributed by atoms with Crippen LogP contribution in [0, 0.1) is 10.1 Å². The highest BCUT2D eigenvalue weighted by atomic mass is 32.2. The first-order valence-corrected chi connectivity index (χ1v) is 11.1. The lowest BCUT2D eigenvalue weighted by Gasteiger charge is -2.38. The van der Waals surface area contributed by atoms with Gasteiger partial charge in [-0.2, -0.15) is 0 Å². The Labute approximate surface area is 175 Å². The summed E-state index contributed by atoms with van der Waals surface area (Å²) < 4.78 is 4.93. The van der Waals surface area contributed by atoms with Crippen molar-refractivity contribution in [2.45, 2.75) is 28.5 Å². The molecule has 0 aliphatic carbocycles. The van der Waals surface area contributed by atoms with Gasteiger partial charge in [0.25, 0.3) is 5.69 Å². The molecule has 0 N–H and O–H groups in total. The maximum atomic E-state index is 13.1. The predicted octanol–water partition coefficient (Wildman–Crippen LogP) is 3.53. The Balaban J connectivity index is 1.57. The molecule has 29 heavy (non-hydrogen) atoms. The zero-order valence-electron chi connectivity index (χ0n) is 15.5. The number of esters is 1. The number of carbonyl (C=O) groups is 2. The second-order valence-electron chi connectivity index (χ2n) is 6.75. The monoisotopic (exact) mass is 430 g/mol. The number of nitro benzene ring substituents is 1. The fourth-order valence-electron chi connectivity index (χ4n) is 3.65. The molecular weight excluding hydrogens is 412 g/mol. The van der Waals surface area contributed by atoms with Gasteiger partial charge in [0.05, 0.1) is 16.7 Å². The highest BCUT2D eigenvalue weighted by molar-refractivity contribution is 8.17. The molecule has 4 rings (SSSR count). The van der Waals surface area contributed by atoms with Crippen molar-refractivity contribution in [3.63, 3.8) is 0 Å². The van der Waals surface area contributed by atoms with E-state index in [1.54, 1.807) is 28.8 Å². The summed E-state index contributed by atoms with van der Waals surface area (Å²) in [5, 5.41) is 10.7. The van der Waals surface area contributed by atoms with Crippen molar-refractivity contribution in [1.29, 1.82) is 0 Å². The van der Waals surface area contributed by atoms with E-state index in [9.17, 15) is 19.7 Å². The molecule has 0 spiro atoms. The van der Waals surface area contributed by atoms with Crippen LogP contribution in [0.15, 0.2) is 54.6 Å². The normalized spacial score (nSPS) is 25.3. The Bertz CT molecular complexity index is 953. The number of amides is 1. The second kappa shape index (κ2) is 7.72. The average molecular weight is 431 g/mol. The minimum absolute atomic E-state index is 0.00998. The number of rotatable bonds is 6.